The van der Waals surface area contributed by atoms with Crippen LogP contribution in [0.5, 0.6) is 0 Å². The number of imidazole rings is 1. The standard InChI is InChI=1S/C13H14BrN5/c1-7(2)19-8(3)9(6-16-19)12-17-11-10(14)4-5-15-13(11)18-12/h4-7H,1-3H3,(H,15,17,18). The van der Waals surface area contributed by atoms with Gasteiger partial charge in [-0.3, -0.25) is 4.68 Å². The molecule has 0 saturated heterocycles. The summed E-state index contributed by atoms with van der Waals surface area (Å²) in [6.07, 6.45) is 3.59. The molecule has 1 N–H and O–H groups in total. The van der Waals surface area contributed by atoms with E-state index in [0.29, 0.717) is 11.7 Å². The van der Waals surface area contributed by atoms with E-state index in [1.807, 2.05) is 16.9 Å². The molecule has 0 aliphatic rings. The van der Waals surface area contributed by atoms with E-state index in [1.165, 1.54) is 0 Å². The summed E-state index contributed by atoms with van der Waals surface area (Å²) in [5.41, 5.74) is 3.74. The van der Waals surface area contributed by atoms with Gasteiger partial charge in [0.15, 0.2) is 5.65 Å². The lowest BCUT2D eigenvalue weighted by Crippen LogP contribution is -2.04. The molecular formula is C13H14BrN5. The zero-order valence-electron chi connectivity index (χ0n) is 11.0. The maximum absolute atomic E-state index is 4.53. The zero-order chi connectivity index (χ0) is 13.6. The lowest BCUT2D eigenvalue weighted by molar-refractivity contribution is 0.519. The second kappa shape index (κ2) is 4.45. The van der Waals surface area contributed by atoms with Gasteiger partial charge in [-0.1, -0.05) is 0 Å². The zero-order valence-corrected chi connectivity index (χ0v) is 12.6. The molecular weight excluding hydrogens is 306 g/mol. The molecule has 19 heavy (non-hydrogen) atoms. The number of nitrogens with zero attached hydrogens (tertiary/aromatic N) is 4. The monoisotopic (exact) mass is 319 g/mol. The fourth-order valence-corrected chi connectivity index (χ4v) is 2.58. The molecule has 0 radical (unpaired) electrons. The van der Waals surface area contributed by atoms with Crippen molar-refractivity contribution >= 4 is 27.1 Å². The van der Waals surface area contributed by atoms with E-state index >= 15 is 0 Å². The number of hydrogen-bond acceptors (Lipinski definition) is 3. The molecule has 3 aromatic rings. The molecule has 0 aliphatic carbocycles. The minimum Gasteiger partial charge on any atom is -0.336 e. The number of fused-ring (bicyclic) bond motifs is 1. The number of halogens is 1. The quantitative estimate of drug-likeness (QED) is 0.786. The summed E-state index contributed by atoms with van der Waals surface area (Å²) < 4.78 is 2.95. The second-order valence-corrected chi connectivity index (χ2v) is 5.61. The first-order valence-electron chi connectivity index (χ1n) is 6.12. The summed E-state index contributed by atoms with van der Waals surface area (Å²) in [4.78, 5) is 12.1. The van der Waals surface area contributed by atoms with E-state index in [4.69, 9.17) is 0 Å². The Morgan fingerprint density at radius 2 is 2.16 bits per heavy atom. The van der Waals surface area contributed by atoms with Gasteiger partial charge in [-0.15, -0.1) is 0 Å². The highest BCUT2D eigenvalue weighted by Crippen LogP contribution is 2.27. The Bertz CT molecular complexity index is 741. The third kappa shape index (κ3) is 1.96. The smallest absolute Gasteiger partial charge is 0.179 e. The van der Waals surface area contributed by atoms with Gasteiger partial charge >= 0.3 is 0 Å². The summed E-state index contributed by atoms with van der Waals surface area (Å²) in [5, 5.41) is 4.41. The van der Waals surface area contributed by atoms with Gasteiger partial charge in [0.25, 0.3) is 0 Å². The molecule has 0 amide bonds. The molecule has 0 aliphatic heterocycles. The first-order valence-corrected chi connectivity index (χ1v) is 6.92. The van der Waals surface area contributed by atoms with Gasteiger partial charge in [0, 0.05) is 22.4 Å². The Hall–Kier alpha value is -1.69. The van der Waals surface area contributed by atoms with E-state index in [-0.39, 0.29) is 0 Å². The van der Waals surface area contributed by atoms with E-state index in [2.05, 4.69) is 56.8 Å². The van der Waals surface area contributed by atoms with Crippen LogP contribution in [0.3, 0.4) is 0 Å². The first-order chi connectivity index (χ1) is 9.08. The topological polar surface area (TPSA) is 59.4 Å². The van der Waals surface area contributed by atoms with Crippen molar-refractivity contribution in [3.63, 3.8) is 0 Å². The SMILES string of the molecule is Cc1c(-c2nc3nccc(Br)c3[nH]2)cnn1C(C)C. The van der Waals surface area contributed by atoms with E-state index in [0.717, 1.165) is 27.1 Å². The Balaban J connectivity index is 2.17. The minimum absolute atomic E-state index is 0.336. The number of H-pyrrole nitrogens is 1. The van der Waals surface area contributed by atoms with Gasteiger partial charge in [-0.2, -0.15) is 5.10 Å². The fourth-order valence-electron chi connectivity index (χ4n) is 2.18. The summed E-state index contributed by atoms with van der Waals surface area (Å²) in [6.45, 7) is 6.28. The minimum atomic E-state index is 0.336. The van der Waals surface area contributed by atoms with Gasteiger partial charge in [-0.25, -0.2) is 9.97 Å². The van der Waals surface area contributed by atoms with Crippen LogP contribution in [0, 0.1) is 6.92 Å². The van der Waals surface area contributed by atoms with Crippen LogP contribution in [0.15, 0.2) is 22.9 Å². The Labute approximate surface area is 119 Å². The average molecular weight is 320 g/mol. The van der Waals surface area contributed by atoms with Crippen molar-refractivity contribution in [2.24, 2.45) is 0 Å². The number of hydrogen-bond donors (Lipinski definition) is 1. The summed E-state index contributed by atoms with van der Waals surface area (Å²) in [6, 6.07) is 2.23. The third-order valence-electron chi connectivity index (χ3n) is 3.13. The molecule has 3 rings (SSSR count). The largest absolute Gasteiger partial charge is 0.336 e. The van der Waals surface area contributed by atoms with Gasteiger partial charge in [0.2, 0.25) is 0 Å². The normalized spacial score (nSPS) is 11.6. The number of aromatic nitrogens is 5. The molecule has 0 saturated carbocycles. The van der Waals surface area contributed by atoms with Crippen molar-refractivity contribution in [2.75, 3.05) is 0 Å². The van der Waals surface area contributed by atoms with E-state index < -0.39 is 0 Å². The summed E-state index contributed by atoms with van der Waals surface area (Å²) in [7, 11) is 0. The molecule has 5 nitrogen and oxygen atoms in total. The molecule has 3 heterocycles. The highest BCUT2D eigenvalue weighted by Gasteiger charge is 2.15. The van der Waals surface area contributed by atoms with Gasteiger partial charge in [0.05, 0.1) is 17.3 Å². The van der Waals surface area contributed by atoms with Crippen LogP contribution in [0.4, 0.5) is 0 Å². The molecule has 0 aromatic carbocycles. The lowest BCUT2D eigenvalue weighted by Gasteiger charge is -2.07. The van der Waals surface area contributed by atoms with Gasteiger partial charge in [-0.05, 0) is 42.8 Å². The van der Waals surface area contributed by atoms with Crippen molar-refractivity contribution in [1.29, 1.82) is 0 Å². The van der Waals surface area contributed by atoms with Crippen LogP contribution in [0.2, 0.25) is 0 Å². The summed E-state index contributed by atoms with van der Waals surface area (Å²) in [5.74, 6) is 0.804. The number of nitrogens with one attached hydrogen (secondary N) is 1. The van der Waals surface area contributed by atoms with Crippen LogP contribution in [-0.4, -0.2) is 24.7 Å². The van der Waals surface area contributed by atoms with Gasteiger partial charge in [0.1, 0.15) is 5.82 Å². The molecule has 0 atom stereocenters. The predicted molar refractivity (Wildman–Crippen MR) is 77.9 cm³/mol. The molecule has 6 heteroatoms. The van der Waals surface area contributed by atoms with Crippen molar-refractivity contribution < 1.29 is 0 Å². The molecule has 3 aromatic heterocycles. The van der Waals surface area contributed by atoms with Crippen molar-refractivity contribution in [3.8, 4) is 11.4 Å². The number of rotatable bonds is 2. The molecule has 0 fully saturated rings. The lowest BCUT2D eigenvalue weighted by atomic mass is 10.2. The van der Waals surface area contributed by atoms with Crippen molar-refractivity contribution in [1.82, 2.24) is 24.7 Å². The van der Waals surface area contributed by atoms with Crippen molar-refractivity contribution in [3.05, 3.63) is 28.6 Å². The van der Waals surface area contributed by atoms with Gasteiger partial charge < -0.3 is 4.98 Å². The fraction of sp³-hybridized carbons (Fsp3) is 0.308. The molecule has 0 bridgehead atoms. The van der Waals surface area contributed by atoms with E-state index in [1.54, 1.807) is 6.20 Å². The summed E-state index contributed by atoms with van der Waals surface area (Å²) >= 11 is 3.50. The van der Waals surface area contributed by atoms with E-state index in [9.17, 15) is 0 Å². The Kier molecular flexibility index (Phi) is 2.89. The van der Waals surface area contributed by atoms with Crippen LogP contribution in [-0.2, 0) is 0 Å². The third-order valence-corrected chi connectivity index (χ3v) is 3.79. The average Bonchev–Trinajstić information content (AvgIpc) is 2.93. The Morgan fingerprint density at radius 1 is 1.37 bits per heavy atom. The van der Waals surface area contributed by atoms with Crippen LogP contribution < -0.4 is 0 Å². The maximum atomic E-state index is 4.53. The van der Waals surface area contributed by atoms with Crippen molar-refractivity contribution in [2.45, 2.75) is 26.8 Å². The van der Waals surface area contributed by atoms with Crippen LogP contribution >= 0.6 is 15.9 Å². The molecule has 98 valence electrons. The first kappa shape index (κ1) is 12.3. The van der Waals surface area contributed by atoms with Crippen LogP contribution in [0.25, 0.3) is 22.6 Å². The molecule has 0 spiro atoms. The highest BCUT2D eigenvalue weighted by molar-refractivity contribution is 9.10. The number of aromatic amines is 1. The van der Waals surface area contributed by atoms with Crippen LogP contribution in [0.1, 0.15) is 25.6 Å². The Morgan fingerprint density at radius 3 is 2.79 bits per heavy atom. The highest BCUT2D eigenvalue weighted by atomic mass is 79.9. The number of pyridine rings is 1. The molecule has 0 unspecified atom stereocenters. The predicted octanol–water partition coefficient (Wildman–Crippen LogP) is 3.47. The second-order valence-electron chi connectivity index (χ2n) is 4.76. The maximum Gasteiger partial charge on any atom is 0.179 e.